The number of thiophene rings is 1. The Bertz CT molecular complexity index is 439. The van der Waals surface area contributed by atoms with Gasteiger partial charge >= 0.3 is 0 Å². The lowest BCUT2D eigenvalue weighted by Gasteiger charge is -2.13. The van der Waals surface area contributed by atoms with E-state index in [-0.39, 0.29) is 11.8 Å². The number of anilines is 1. The van der Waals surface area contributed by atoms with Gasteiger partial charge in [0.25, 0.3) is 0 Å². The summed E-state index contributed by atoms with van der Waals surface area (Å²) in [6, 6.07) is 1.42. The van der Waals surface area contributed by atoms with Gasteiger partial charge in [-0.3, -0.25) is 9.59 Å². The van der Waals surface area contributed by atoms with E-state index < -0.39 is 6.04 Å². The zero-order valence-corrected chi connectivity index (χ0v) is 9.47. The van der Waals surface area contributed by atoms with Crippen molar-refractivity contribution < 1.29 is 9.59 Å². The number of hydrogen-bond donors (Lipinski definition) is 2. The van der Waals surface area contributed by atoms with E-state index in [0.717, 1.165) is 17.0 Å². The summed E-state index contributed by atoms with van der Waals surface area (Å²) in [4.78, 5) is 24.1. The van der Waals surface area contributed by atoms with E-state index in [1.165, 1.54) is 6.08 Å². The molecule has 4 nitrogen and oxygen atoms in total. The number of carbonyl (C=O) groups is 2. The van der Waals surface area contributed by atoms with Gasteiger partial charge in [-0.1, -0.05) is 6.58 Å². The van der Waals surface area contributed by atoms with Gasteiger partial charge in [0, 0.05) is 4.88 Å². The van der Waals surface area contributed by atoms with Crippen molar-refractivity contribution in [2.45, 2.75) is 18.9 Å². The van der Waals surface area contributed by atoms with Crippen LogP contribution in [0.4, 0.5) is 5.69 Å². The van der Waals surface area contributed by atoms with Crippen LogP contribution in [0.1, 0.15) is 11.3 Å². The third kappa shape index (κ3) is 2.14. The molecule has 0 aromatic carbocycles. The Morgan fingerprint density at radius 2 is 2.50 bits per heavy atom. The van der Waals surface area contributed by atoms with Gasteiger partial charge in [0.05, 0.1) is 5.69 Å². The highest BCUT2D eigenvalue weighted by atomic mass is 32.1. The average Bonchev–Trinajstić information content (AvgIpc) is 2.65. The lowest BCUT2D eigenvalue weighted by Crippen LogP contribution is -2.42. The minimum Gasteiger partial charge on any atom is -0.341 e. The number of fused-ring (bicyclic) bond motifs is 1. The number of rotatable bonds is 2. The summed E-state index contributed by atoms with van der Waals surface area (Å²) >= 11 is 1.62. The van der Waals surface area contributed by atoms with E-state index >= 15 is 0 Å². The van der Waals surface area contributed by atoms with Gasteiger partial charge in [-0.25, -0.2) is 0 Å². The number of carbonyl (C=O) groups excluding carboxylic acids is 2. The molecule has 2 rings (SSSR count). The first-order chi connectivity index (χ1) is 7.70. The quantitative estimate of drug-likeness (QED) is 0.760. The molecule has 0 saturated heterocycles. The van der Waals surface area contributed by atoms with E-state index in [1.807, 2.05) is 11.4 Å². The standard InChI is InChI=1S/C11H12N2O2S/c1-2-10(14)12-8-3-4-9-7(5-6-16-9)13-11(8)15/h2,5-6,8H,1,3-4H2,(H,12,14)(H,13,15). The lowest BCUT2D eigenvalue weighted by molar-refractivity contribution is -0.123. The normalized spacial score (nSPS) is 19.2. The van der Waals surface area contributed by atoms with Crippen LogP contribution in [0.2, 0.25) is 0 Å². The molecule has 16 heavy (non-hydrogen) atoms. The second kappa shape index (κ2) is 4.49. The molecule has 0 saturated carbocycles. The maximum atomic E-state index is 11.8. The Balaban J connectivity index is 2.10. The first-order valence-corrected chi connectivity index (χ1v) is 5.89. The second-order valence-corrected chi connectivity index (χ2v) is 4.55. The maximum absolute atomic E-state index is 11.8. The molecule has 1 aromatic heterocycles. The van der Waals surface area contributed by atoms with Crippen LogP contribution in [-0.4, -0.2) is 17.9 Å². The molecule has 0 bridgehead atoms. The van der Waals surface area contributed by atoms with Crippen LogP contribution in [-0.2, 0) is 16.0 Å². The van der Waals surface area contributed by atoms with Gasteiger partial charge in [0.15, 0.2) is 0 Å². The van der Waals surface area contributed by atoms with Crippen LogP contribution >= 0.6 is 11.3 Å². The van der Waals surface area contributed by atoms with E-state index in [1.54, 1.807) is 11.3 Å². The topological polar surface area (TPSA) is 58.2 Å². The molecule has 1 unspecified atom stereocenters. The van der Waals surface area contributed by atoms with Gasteiger partial charge in [0.2, 0.25) is 11.8 Å². The molecule has 2 N–H and O–H groups in total. The third-order valence-electron chi connectivity index (χ3n) is 2.48. The van der Waals surface area contributed by atoms with E-state index in [4.69, 9.17) is 0 Å². The van der Waals surface area contributed by atoms with Crippen molar-refractivity contribution in [2.24, 2.45) is 0 Å². The van der Waals surface area contributed by atoms with Crippen LogP contribution < -0.4 is 10.6 Å². The van der Waals surface area contributed by atoms with E-state index in [0.29, 0.717) is 6.42 Å². The maximum Gasteiger partial charge on any atom is 0.247 e. The molecule has 1 aliphatic heterocycles. The molecular weight excluding hydrogens is 224 g/mol. The van der Waals surface area contributed by atoms with Crippen LogP contribution in [0.15, 0.2) is 24.1 Å². The number of nitrogens with one attached hydrogen (secondary N) is 2. The van der Waals surface area contributed by atoms with Gasteiger partial charge in [0.1, 0.15) is 6.04 Å². The highest BCUT2D eigenvalue weighted by Crippen LogP contribution is 2.27. The SMILES string of the molecule is C=CC(=O)NC1CCc2sccc2NC1=O. The molecule has 1 atom stereocenters. The predicted octanol–water partition coefficient (Wildman–Crippen LogP) is 1.30. The van der Waals surface area contributed by atoms with Crippen molar-refractivity contribution in [1.82, 2.24) is 5.32 Å². The molecule has 1 aliphatic rings. The van der Waals surface area contributed by atoms with Gasteiger partial charge in [-0.15, -0.1) is 11.3 Å². The van der Waals surface area contributed by atoms with E-state index in [9.17, 15) is 9.59 Å². The zero-order valence-electron chi connectivity index (χ0n) is 8.66. The fourth-order valence-electron chi connectivity index (χ4n) is 1.64. The number of hydrogen-bond acceptors (Lipinski definition) is 3. The molecule has 2 heterocycles. The van der Waals surface area contributed by atoms with Crippen molar-refractivity contribution in [3.63, 3.8) is 0 Å². The molecule has 5 heteroatoms. The molecule has 1 aromatic rings. The highest BCUT2D eigenvalue weighted by Gasteiger charge is 2.24. The zero-order chi connectivity index (χ0) is 11.5. The second-order valence-electron chi connectivity index (χ2n) is 3.55. The lowest BCUT2D eigenvalue weighted by atomic mass is 10.1. The van der Waals surface area contributed by atoms with Crippen molar-refractivity contribution in [1.29, 1.82) is 0 Å². The molecule has 0 spiro atoms. The minimum atomic E-state index is -0.468. The largest absolute Gasteiger partial charge is 0.341 e. The summed E-state index contributed by atoms with van der Waals surface area (Å²) in [5.74, 6) is -0.474. The fraction of sp³-hybridized carbons (Fsp3) is 0.273. The monoisotopic (exact) mass is 236 g/mol. The van der Waals surface area contributed by atoms with Crippen molar-refractivity contribution in [3.05, 3.63) is 29.0 Å². The summed E-state index contributed by atoms with van der Waals surface area (Å²) in [6.45, 7) is 3.36. The van der Waals surface area contributed by atoms with Crippen LogP contribution in [0, 0.1) is 0 Å². The van der Waals surface area contributed by atoms with Crippen LogP contribution in [0.5, 0.6) is 0 Å². The summed E-state index contributed by atoms with van der Waals surface area (Å²) in [5.41, 5.74) is 0.866. The summed E-state index contributed by atoms with van der Waals surface area (Å²) in [6.07, 6.45) is 2.60. The van der Waals surface area contributed by atoms with Crippen molar-refractivity contribution in [2.75, 3.05) is 5.32 Å². The Kier molecular flexibility index (Phi) is 3.05. The highest BCUT2D eigenvalue weighted by molar-refractivity contribution is 7.10. The Hall–Kier alpha value is -1.62. The van der Waals surface area contributed by atoms with Gasteiger partial charge < -0.3 is 10.6 Å². The molecule has 2 amide bonds. The van der Waals surface area contributed by atoms with Crippen molar-refractivity contribution >= 4 is 28.8 Å². The third-order valence-corrected chi connectivity index (χ3v) is 3.46. The molecule has 0 fully saturated rings. The van der Waals surface area contributed by atoms with Crippen LogP contribution in [0.3, 0.4) is 0 Å². The molecule has 0 aliphatic carbocycles. The first-order valence-electron chi connectivity index (χ1n) is 5.01. The van der Waals surface area contributed by atoms with Crippen molar-refractivity contribution in [3.8, 4) is 0 Å². The summed E-state index contributed by atoms with van der Waals surface area (Å²) in [7, 11) is 0. The predicted molar refractivity (Wildman–Crippen MR) is 63.4 cm³/mol. The number of amides is 2. The molecular formula is C11H12N2O2S. The molecule has 0 radical (unpaired) electrons. The Labute approximate surface area is 97.4 Å². The Morgan fingerprint density at radius 1 is 1.69 bits per heavy atom. The Morgan fingerprint density at radius 3 is 3.25 bits per heavy atom. The number of aryl methyl sites for hydroxylation is 1. The van der Waals surface area contributed by atoms with E-state index in [2.05, 4.69) is 17.2 Å². The minimum absolute atomic E-state index is 0.160. The average molecular weight is 236 g/mol. The van der Waals surface area contributed by atoms with Crippen LogP contribution in [0.25, 0.3) is 0 Å². The van der Waals surface area contributed by atoms with Gasteiger partial charge in [-0.05, 0) is 30.4 Å². The van der Waals surface area contributed by atoms with Gasteiger partial charge in [-0.2, -0.15) is 0 Å². The fourth-order valence-corrected chi connectivity index (χ4v) is 2.49. The first kappa shape index (κ1) is 10.9. The summed E-state index contributed by atoms with van der Waals surface area (Å²) < 4.78 is 0. The smallest absolute Gasteiger partial charge is 0.247 e. The summed E-state index contributed by atoms with van der Waals surface area (Å²) in [5, 5.41) is 7.37. The molecule has 84 valence electrons.